The van der Waals surface area contributed by atoms with E-state index >= 15 is 0 Å². The topological polar surface area (TPSA) is 101 Å². The third-order valence-corrected chi connectivity index (χ3v) is 5.70. The molecule has 1 aliphatic heterocycles. The third-order valence-electron chi connectivity index (χ3n) is 5.70. The van der Waals surface area contributed by atoms with Crippen molar-refractivity contribution in [1.82, 2.24) is 9.88 Å². The Bertz CT molecular complexity index is 1220. The third kappa shape index (κ3) is 5.63. The Morgan fingerprint density at radius 2 is 1.86 bits per heavy atom. The van der Waals surface area contributed by atoms with Gasteiger partial charge in [-0.1, -0.05) is 19.1 Å². The van der Waals surface area contributed by atoms with Crippen molar-refractivity contribution in [3.8, 4) is 11.5 Å². The van der Waals surface area contributed by atoms with Crippen LogP contribution in [0.4, 0.5) is 16.2 Å². The molecule has 2 aromatic carbocycles. The molecule has 1 aromatic heterocycles. The van der Waals surface area contributed by atoms with E-state index in [-0.39, 0.29) is 18.9 Å². The molecule has 0 aliphatic carbocycles. The SMILES string of the molecule is CCCOc1ccc(NC(=O)C[C@@H]2C(=O)N(c3cccc(OC)c3)C(=O)N2Cc2cccnc2)cc1. The van der Waals surface area contributed by atoms with E-state index in [2.05, 4.69) is 10.3 Å². The Morgan fingerprint density at radius 3 is 2.56 bits per heavy atom. The van der Waals surface area contributed by atoms with Gasteiger partial charge in [0, 0.05) is 30.7 Å². The fourth-order valence-electron chi connectivity index (χ4n) is 3.93. The minimum atomic E-state index is -0.976. The summed E-state index contributed by atoms with van der Waals surface area (Å²) in [6, 6.07) is 15.8. The molecule has 9 heteroatoms. The Labute approximate surface area is 209 Å². The molecule has 1 aliphatic rings. The van der Waals surface area contributed by atoms with Crippen molar-refractivity contribution < 1.29 is 23.9 Å². The Hall–Kier alpha value is -4.40. The summed E-state index contributed by atoms with van der Waals surface area (Å²) in [5, 5.41) is 2.81. The first-order chi connectivity index (χ1) is 17.5. The van der Waals surface area contributed by atoms with Gasteiger partial charge in [-0.05, 0) is 54.4 Å². The number of carbonyl (C=O) groups is 3. The van der Waals surface area contributed by atoms with Crippen LogP contribution in [-0.2, 0) is 16.1 Å². The number of urea groups is 1. The predicted octanol–water partition coefficient (Wildman–Crippen LogP) is 4.25. The van der Waals surface area contributed by atoms with Crippen molar-refractivity contribution in [2.45, 2.75) is 32.4 Å². The lowest BCUT2D eigenvalue weighted by Gasteiger charge is -2.21. The highest BCUT2D eigenvalue weighted by molar-refractivity contribution is 6.22. The van der Waals surface area contributed by atoms with Crippen molar-refractivity contribution in [3.63, 3.8) is 0 Å². The molecule has 0 saturated carbocycles. The zero-order chi connectivity index (χ0) is 25.5. The molecule has 0 radical (unpaired) electrons. The first kappa shape index (κ1) is 24.7. The molecule has 36 heavy (non-hydrogen) atoms. The summed E-state index contributed by atoms with van der Waals surface area (Å²) < 4.78 is 10.8. The van der Waals surface area contributed by atoms with Gasteiger partial charge in [0.05, 0.1) is 25.8 Å². The lowest BCUT2D eigenvalue weighted by Crippen LogP contribution is -2.37. The Kier molecular flexibility index (Phi) is 7.79. The smallest absolute Gasteiger partial charge is 0.332 e. The number of pyridine rings is 1. The van der Waals surface area contributed by atoms with Crippen LogP contribution in [-0.4, -0.2) is 47.5 Å². The Balaban J connectivity index is 1.54. The number of nitrogens with zero attached hydrogens (tertiary/aromatic N) is 3. The molecule has 1 N–H and O–H groups in total. The molecule has 0 bridgehead atoms. The molecular formula is C27H28N4O5. The number of carbonyl (C=O) groups excluding carboxylic acids is 3. The van der Waals surface area contributed by atoms with Gasteiger partial charge in [-0.15, -0.1) is 0 Å². The van der Waals surface area contributed by atoms with Gasteiger partial charge in [-0.3, -0.25) is 14.6 Å². The van der Waals surface area contributed by atoms with Crippen LogP contribution in [0.15, 0.2) is 73.1 Å². The summed E-state index contributed by atoms with van der Waals surface area (Å²) in [5.74, 6) is 0.366. The standard InChI is InChI=1S/C27H28N4O5/c1-3-14-36-22-11-9-20(10-12-22)29-25(32)16-24-26(33)31(21-7-4-8-23(15-21)35-2)27(34)30(24)18-19-6-5-13-28-17-19/h4-13,15,17,24H,3,14,16,18H2,1-2H3,(H,29,32)/t24-/m1/s1. The summed E-state index contributed by atoms with van der Waals surface area (Å²) in [5.41, 5.74) is 1.70. The molecule has 186 valence electrons. The van der Waals surface area contributed by atoms with Gasteiger partial charge in [0.1, 0.15) is 17.5 Å². The van der Waals surface area contributed by atoms with Crippen LogP contribution in [0.1, 0.15) is 25.3 Å². The van der Waals surface area contributed by atoms with Gasteiger partial charge in [0.25, 0.3) is 5.91 Å². The largest absolute Gasteiger partial charge is 0.497 e. The number of anilines is 2. The highest BCUT2D eigenvalue weighted by Gasteiger charge is 2.46. The number of nitrogens with one attached hydrogen (secondary N) is 1. The van der Waals surface area contributed by atoms with E-state index in [0.29, 0.717) is 29.5 Å². The highest BCUT2D eigenvalue weighted by atomic mass is 16.5. The second kappa shape index (κ2) is 11.4. The van der Waals surface area contributed by atoms with E-state index in [9.17, 15) is 14.4 Å². The first-order valence-electron chi connectivity index (χ1n) is 11.7. The molecule has 4 amide bonds. The van der Waals surface area contributed by atoms with Crippen molar-refractivity contribution in [2.24, 2.45) is 0 Å². The van der Waals surface area contributed by atoms with Crippen LogP contribution in [0.2, 0.25) is 0 Å². The van der Waals surface area contributed by atoms with Gasteiger partial charge < -0.3 is 19.7 Å². The summed E-state index contributed by atoms with van der Waals surface area (Å²) in [7, 11) is 1.51. The van der Waals surface area contributed by atoms with E-state index in [1.54, 1.807) is 67.0 Å². The number of ether oxygens (including phenoxy) is 2. The second-order valence-corrected chi connectivity index (χ2v) is 8.29. The highest BCUT2D eigenvalue weighted by Crippen LogP contribution is 2.30. The maximum Gasteiger partial charge on any atom is 0.332 e. The number of hydrogen-bond acceptors (Lipinski definition) is 6. The molecule has 4 rings (SSSR count). The van der Waals surface area contributed by atoms with Crippen molar-refractivity contribution in [3.05, 3.63) is 78.6 Å². The van der Waals surface area contributed by atoms with Crippen LogP contribution in [0.3, 0.4) is 0 Å². The zero-order valence-electron chi connectivity index (χ0n) is 20.2. The van der Waals surface area contributed by atoms with Crippen LogP contribution >= 0.6 is 0 Å². The number of methoxy groups -OCH3 is 1. The average molecular weight is 489 g/mol. The zero-order valence-corrected chi connectivity index (χ0v) is 20.2. The maximum atomic E-state index is 13.5. The number of benzene rings is 2. The second-order valence-electron chi connectivity index (χ2n) is 8.29. The molecular weight excluding hydrogens is 460 g/mol. The van der Waals surface area contributed by atoms with Crippen molar-refractivity contribution >= 4 is 29.2 Å². The fourth-order valence-corrected chi connectivity index (χ4v) is 3.93. The van der Waals surface area contributed by atoms with Gasteiger partial charge in [0.2, 0.25) is 5.91 Å². The predicted molar refractivity (Wildman–Crippen MR) is 135 cm³/mol. The van der Waals surface area contributed by atoms with Gasteiger partial charge in [-0.25, -0.2) is 9.69 Å². The van der Waals surface area contributed by atoms with Gasteiger partial charge >= 0.3 is 6.03 Å². The van der Waals surface area contributed by atoms with Crippen molar-refractivity contribution in [2.75, 3.05) is 23.9 Å². The number of amides is 4. The monoisotopic (exact) mass is 488 g/mol. The van der Waals surface area contributed by atoms with Gasteiger partial charge in [0.15, 0.2) is 0 Å². The molecule has 3 aromatic rings. The van der Waals surface area contributed by atoms with Gasteiger partial charge in [-0.2, -0.15) is 0 Å². The number of aromatic nitrogens is 1. The first-order valence-corrected chi connectivity index (χ1v) is 11.7. The lowest BCUT2D eigenvalue weighted by molar-refractivity contribution is -0.124. The molecule has 1 saturated heterocycles. The number of hydrogen-bond donors (Lipinski definition) is 1. The maximum absolute atomic E-state index is 13.5. The fraction of sp³-hybridized carbons (Fsp3) is 0.259. The van der Waals surface area contributed by atoms with Crippen LogP contribution in [0.5, 0.6) is 11.5 Å². The molecule has 2 heterocycles. The van der Waals surface area contributed by atoms with E-state index in [4.69, 9.17) is 9.47 Å². The van der Waals surface area contributed by atoms with E-state index in [0.717, 1.165) is 16.9 Å². The normalized spacial score (nSPS) is 15.2. The summed E-state index contributed by atoms with van der Waals surface area (Å²) in [6.45, 7) is 2.77. The molecule has 9 nitrogen and oxygen atoms in total. The quantitative estimate of drug-likeness (QED) is 0.428. The minimum Gasteiger partial charge on any atom is -0.497 e. The van der Waals surface area contributed by atoms with E-state index < -0.39 is 18.0 Å². The van der Waals surface area contributed by atoms with E-state index in [1.165, 1.54) is 12.0 Å². The molecule has 0 unspecified atom stereocenters. The van der Waals surface area contributed by atoms with Crippen LogP contribution < -0.4 is 19.7 Å². The molecule has 1 fully saturated rings. The summed E-state index contributed by atoms with van der Waals surface area (Å²) >= 11 is 0. The van der Waals surface area contributed by atoms with Crippen LogP contribution in [0, 0.1) is 0 Å². The number of imide groups is 1. The summed E-state index contributed by atoms with van der Waals surface area (Å²) in [6.07, 6.45) is 3.96. The van der Waals surface area contributed by atoms with Crippen molar-refractivity contribution in [1.29, 1.82) is 0 Å². The average Bonchev–Trinajstić information content (AvgIpc) is 3.12. The lowest BCUT2D eigenvalue weighted by atomic mass is 10.1. The van der Waals surface area contributed by atoms with E-state index in [1.807, 2.05) is 13.0 Å². The molecule has 1 atom stereocenters. The molecule has 0 spiro atoms. The Morgan fingerprint density at radius 1 is 1.06 bits per heavy atom. The van der Waals surface area contributed by atoms with Crippen LogP contribution in [0.25, 0.3) is 0 Å². The number of rotatable bonds is 10. The minimum absolute atomic E-state index is 0.139. The summed E-state index contributed by atoms with van der Waals surface area (Å²) in [4.78, 5) is 46.4.